The lowest BCUT2D eigenvalue weighted by atomic mass is 9.43. The third kappa shape index (κ3) is 4.69. The molecular formula is C32H48O9. The fourth-order valence-electron chi connectivity index (χ4n) is 10.8. The molecule has 6 aliphatic rings. The molecule has 3 N–H and O–H groups in total. The maximum Gasteiger partial charge on any atom is 0.331 e. The molecule has 13 atom stereocenters. The minimum absolute atomic E-state index is 0.00674. The Kier molecular flexibility index (Phi) is 7.62. The molecule has 41 heavy (non-hydrogen) atoms. The Balaban J connectivity index is 1.19. The Hall–Kier alpha value is -1.52. The summed E-state index contributed by atoms with van der Waals surface area (Å²) < 4.78 is 23.2. The summed E-state index contributed by atoms with van der Waals surface area (Å²) in [4.78, 5) is 23.9. The van der Waals surface area contributed by atoms with Gasteiger partial charge in [0.25, 0.3) is 0 Å². The summed E-state index contributed by atoms with van der Waals surface area (Å²) in [6, 6.07) is 0. The van der Waals surface area contributed by atoms with Crippen molar-refractivity contribution in [3.8, 4) is 0 Å². The number of aliphatic hydroxyl groups excluding tert-OH is 1. The maximum absolute atomic E-state index is 12.7. The van der Waals surface area contributed by atoms with E-state index in [1.165, 1.54) is 0 Å². The Morgan fingerprint density at radius 3 is 2.59 bits per heavy atom. The molecule has 0 aromatic heterocycles. The molecule has 0 aromatic carbocycles. The van der Waals surface area contributed by atoms with E-state index in [4.69, 9.17) is 18.9 Å². The number of carbonyl (C=O) groups excluding carboxylic acids is 1. The molecule has 6 rings (SSSR count). The van der Waals surface area contributed by atoms with Crippen LogP contribution in [0.1, 0.15) is 85.0 Å². The molecule has 0 spiro atoms. The molecule has 0 radical (unpaired) electrons. The van der Waals surface area contributed by atoms with Crippen LogP contribution in [0.15, 0.2) is 11.6 Å². The number of hydrogen-bond acceptors (Lipinski definition) is 8. The first kappa shape index (κ1) is 29.5. The van der Waals surface area contributed by atoms with Crippen LogP contribution >= 0.6 is 0 Å². The van der Waals surface area contributed by atoms with Gasteiger partial charge in [-0.05, 0) is 98.9 Å². The van der Waals surface area contributed by atoms with E-state index in [1.54, 1.807) is 13.2 Å². The van der Waals surface area contributed by atoms with Gasteiger partial charge in [0.1, 0.15) is 12.7 Å². The molecule has 230 valence electrons. The van der Waals surface area contributed by atoms with Crippen molar-refractivity contribution in [2.75, 3.05) is 13.7 Å². The smallest absolute Gasteiger partial charge is 0.331 e. The highest BCUT2D eigenvalue weighted by molar-refractivity contribution is 5.85. The van der Waals surface area contributed by atoms with E-state index in [0.29, 0.717) is 24.7 Å². The van der Waals surface area contributed by atoms with Crippen LogP contribution in [0.25, 0.3) is 0 Å². The summed E-state index contributed by atoms with van der Waals surface area (Å²) in [5.74, 6) is -0.663. The van der Waals surface area contributed by atoms with Crippen molar-refractivity contribution in [2.45, 2.75) is 121 Å². The number of cyclic esters (lactones) is 1. The zero-order chi connectivity index (χ0) is 29.3. The van der Waals surface area contributed by atoms with Gasteiger partial charge in [-0.25, -0.2) is 4.79 Å². The predicted octanol–water partition coefficient (Wildman–Crippen LogP) is 3.84. The number of rotatable bonds is 6. The van der Waals surface area contributed by atoms with Gasteiger partial charge in [0, 0.05) is 31.4 Å². The molecule has 4 aliphatic carbocycles. The third-order valence-corrected chi connectivity index (χ3v) is 12.8. The molecule has 9 heteroatoms. The summed E-state index contributed by atoms with van der Waals surface area (Å²) in [7, 11) is 1.62. The fraction of sp³-hybridized carbons (Fsp3) is 0.875. The average molecular weight is 577 g/mol. The van der Waals surface area contributed by atoms with Gasteiger partial charge in [-0.15, -0.1) is 0 Å². The van der Waals surface area contributed by atoms with Crippen LogP contribution in [0.3, 0.4) is 0 Å². The topological polar surface area (TPSA) is 132 Å². The minimum atomic E-state index is -0.976. The zero-order valence-corrected chi connectivity index (χ0v) is 24.9. The van der Waals surface area contributed by atoms with E-state index < -0.39 is 23.1 Å². The van der Waals surface area contributed by atoms with Crippen molar-refractivity contribution < 1.29 is 43.9 Å². The highest BCUT2D eigenvalue weighted by Gasteiger charge is 2.70. The maximum atomic E-state index is 12.7. The molecule has 0 aromatic rings. The normalized spacial score (nSPS) is 51.3. The van der Waals surface area contributed by atoms with Gasteiger partial charge in [0.05, 0.1) is 23.9 Å². The Bertz CT molecular complexity index is 1080. The quantitative estimate of drug-likeness (QED) is 0.319. The van der Waals surface area contributed by atoms with E-state index >= 15 is 0 Å². The molecule has 2 aliphatic heterocycles. The predicted molar refractivity (Wildman–Crippen MR) is 147 cm³/mol. The number of aliphatic hydroxyl groups is 2. The summed E-state index contributed by atoms with van der Waals surface area (Å²) >= 11 is 0. The fourth-order valence-corrected chi connectivity index (χ4v) is 10.8. The van der Waals surface area contributed by atoms with Crippen LogP contribution in [-0.2, 0) is 28.5 Å². The van der Waals surface area contributed by atoms with Gasteiger partial charge in [-0.3, -0.25) is 4.79 Å². The third-order valence-electron chi connectivity index (χ3n) is 12.8. The van der Waals surface area contributed by atoms with Gasteiger partial charge in [0.15, 0.2) is 6.29 Å². The molecule has 0 unspecified atom stereocenters. The summed E-state index contributed by atoms with van der Waals surface area (Å²) in [6.07, 6.45) is 7.57. The number of ether oxygens (including phenoxy) is 4. The highest BCUT2D eigenvalue weighted by atomic mass is 16.7. The molecule has 9 nitrogen and oxygen atoms in total. The average Bonchev–Trinajstić information content (AvgIpc) is 3.42. The monoisotopic (exact) mass is 576 g/mol. The molecule has 5 fully saturated rings. The summed E-state index contributed by atoms with van der Waals surface area (Å²) in [5.41, 5.74) is -0.526. The number of aliphatic carboxylic acids is 1. The number of carbonyl (C=O) groups is 2. The first-order valence-electron chi connectivity index (χ1n) is 15.7. The van der Waals surface area contributed by atoms with Crippen LogP contribution in [0.2, 0.25) is 0 Å². The Morgan fingerprint density at radius 1 is 1.12 bits per heavy atom. The standard InChI is InChI=1S/C32H48O9/c1-17-29(36)24(38-4)14-27(40-17)41-21-7-9-30(2)20(13-21)5-6-23-22(30)8-10-31(3)28(19-12-26(35)39-16-19)18(11-25(33)34)15-32(23,31)37/h12,17-18,20-24,27-29,36-37H,5-11,13-16H2,1-4H3,(H,33,34)/t17-,18+,20-,21-,22+,23-,24-,27+,28-,29-,30-,31+,32+/m1/s1. The lowest BCUT2D eigenvalue weighted by molar-refractivity contribution is -0.273. The van der Waals surface area contributed by atoms with Crippen molar-refractivity contribution in [3.63, 3.8) is 0 Å². The van der Waals surface area contributed by atoms with Gasteiger partial charge < -0.3 is 34.3 Å². The second kappa shape index (κ2) is 10.6. The Morgan fingerprint density at radius 2 is 1.90 bits per heavy atom. The van der Waals surface area contributed by atoms with E-state index in [9.17, 15) is 24.9 Å². The molecular weight excluding hydrogens is 528 g/mol. The van der Waals surface area contributed by atoms with Crippen molar-refractivity contribution in [1.82, 2.24) is 0 Å². The van der Waals surface area contributed by atoms with Crippen LogP contribution in [-0.4, -0.2) is 77.3 Å². The molecule has 0 amide bonds. The molecule has 4 saturated carbocycles. The summed E-state index contributed by atoms with van der Waals surface area (Å²) in [5, 5.41) is 32.8. The van der Waals surface area contributed by atoms with Gasteiger partial charge >= 0.3 is 11.9 Å². The lowest BCUT2D eigenvalue weighted by Crippen LogP contribution is -2.62. The van der Waals surface area contributed by atoms with Crippen LogP contribution < -0.4 is 0 Å². The van der Waals surface area contributed by atoms with Gasteiger partial charge in [-0.1, -0.05) is 13.8 Å². The van der Waals surface area contributed by atoms with Crippen molar-refractivity contribution >= 4 is 11.9 Å². The number of carboxylic acid groups (broad SMARTS) is 1. The van der Waals surface area contributed by atoms with E-state index in [-0.39, 0.29) is 66.8 Å². The molecule has 1 saturated heterocycles. The number of esters is 1. The van der Waals surface area contributed by atoms with Gasteiger partial charge in [-0.2, -0.15) is 0 Å². The zero-order valence-electron chi connectivity index (χ0n) is 24.9. The minimum Gasteiger partial charge on any atom is -0.481 e. The van der Waals surface area contributed by atoms with E-state index in [2.05, 4.69) is 13.8 Å². The van der Waals surface area contributed by atoms with Crippen molar-refractivity contribution in [3.05, 3.63) is 11.6 Å². The number of methoxy groups -OCH3 is 1. The van der Waals surface area contributed by atoms with E-state index in [0.717, 1.165) is 50.5 Å². The number of hydrogen-bond donors (Lipinski definition) is 3. The molecule has 2 heterocycles. The first-order valence-corrected chi connectivity index (χ1v) is 15.7. The SMILES string of the molecule is CO[C@@H]1C[C@H](O[C@@H]2CC[C@]3(C)[C@H](CC[C@@H]4[C@@H]3CC[C@@]3(C)[C@@H](C5=CC(=O)OC5)[C@@H](CC(=O)O)C[C@]43O)C2)O[C@H](C)[C@H]1O. The van der Waals surface area contributed by atoms with E-state index in [1.807, 2.05) is 6.92 Å². The Labute approximate surface area is 242 Å². The number of carboxylic acids is 1. The van der Waals surface area contributed by atoms with Crippen LogP contribution in [0, 0.1) is 40.4 Å². The largest absolute Gasteiger partial charge is 0.481 e. The van der Waals surface area contributed by atoms with Crippen LogP contribution in [0.5, 0.6) is 0 Å². The second-order valence-electron chi connectivity index (χ2n) is 14.5. The van der Waals surface area contributed by atoms with Crippen molar-refractivity contribution in [2.24, 2.45) is 40.4 Å². The second-order valence-corrected chi connectivity index (χ2v) is 14.5. The first-order chi connectivity index (χ1) is 19.4. The highest BCUT2D eigenvalue weighted by Crippen LogP contribution is 2.71. The van der Waals surface area contributed by atoms with Crippen LogP contribution in [0.4, 0.5) is 0 Å². The summed E-state index contributed by atoms with van der Waals surface area (Å²) in [6.45, 7) is 6.62. The van der Waals surface area contributed by atoms with Crippen molar-refractivity contribution in [1.29, 1.82) is 0 Å². The number of fused-ring (bicyclic) bond motifs is 5. The molecule has 0 bridgehead atoms. The lowest BCUT2D eigenvalue weighted by Gasteiger charge is -2.63. The van der Waals surface area contributed by atoms with Gasteiger partial charge in [0.2, 0.25) is 0 Å².